The number of rotatable bonds is 5. The number of halogens is 2. The van der Waals surface area contributed by atoms with Gasteiger partial charge in [0.05, 0.1) is 0 Å². The third-order valence-corrected chi connectivity index (χ3v) is 5.97. The Kier molecular flexibility index (Phi) is 7.05. The van der Waals surface area contributed by atoms with Gasteiger partial charge < -0.3 is 16.0 Å². The zero-order valence-corrected chi connectivity index (χ0v) is 19.5. The lowest BCUT2D eigenvalue weighted by Crippen LogP contribution is -2.43. The molecule has 29 heavy (non-hydrogen) atoms. The molecule has 1 amide bonds. The molecule has 3 N–H and O–H groups in total. The van der Waals surface area contributed by atoms with Crippen LogP contribution in [0.3, 0.4) is 0 Å². The van der Waals surface area contributed by atoms with Crippen LogP contribution in [0.2, 0.25) is 5.02 Å². The molecule has 4 rings (SSSR count). The minimum atomic E-state index is 0. The van der Waals surface area contributed by atoms with Crippen LogP contribution in [-0.2, 0) is 10.2 Å². The number of carbonyl (C=O) groups is 1. The van der Waals surface area contributed by atoms with Crippen molar-refractivity contribution >= 4 is 53.1 Å². The van der Waals surface area contributed by atoms with Gasteiger partial charge in [0.25, 0.3) is 0 Å². The van der Waals surface area contributed by atoms with Gasteiger partial charge in [-0.15, -0.1) is 24.0 Å². The van der Waals surface area contributed by atoms with E-state index in [1.54, 1.807) is 7.05 Å². The summed E-state index contributed by atoms with van der Waals surface area (Å²) in [6.45, 7) is 1.48. The molecular formula is C22H26ClIN4O. The largest absolute Gasteiger partial charge is 0.356 e. The van der Waals surface area contributed by atoms with Crippen molar-refractivity contribution in [2.45, 2.75) is 30.6 Å². The summed E-state index contributed by atoms with van der Waals surface area (Å²) in [6.07, 6.45) is 2.77. The number of nitrogens with zero attached hydrogens (tertiary/aromatic N) is 1. The van der Waals surface area contributed by atoms with Crippen molar-refractivity contribution in [1.29, 1.82) is 0 Å². The highest BCUT2D eigenvalue weighted by Gasteiger charge is 2.44. The van der Waals surface area contributed by atoms with Crippen molar-refractivity contribution in [2.24, 2.45) is 4.99 Å². The first-order chi connectivity index (χ1) is 13.6. The third kappa shape index (κ3) is 5.04. The summed E-state index contributed by atoms with van der Waals surface area (Å²) in [5, 5.41) is 10.6. The van der Waals surface area contributed by atoms with Crippen LogP contribution >= 0.6 is 35.6 Å². The average molecular weight is 525 g/mol. The summed E-state index contributed by atoms with van der Waals surface area (Å²) in [6, 6.07) is 16.1. The molecule has 2 aromatic carbocycles. The Morgan fingerprint density at radius 1 is 1.21 bits per heavy atom. The Morgan fingerprint density at radius 2 is 2.00 bits per heavy atom. The van der Waals surface area contributed by atoms with E-state index in [9.17, 15) is 4.79 Å². The molecule has 1 heterocycles. The van der Waals surface area contributed by atoms with E-state index in [0.717, 1.165) is 36.1 Å². The van der Waals surface area contributed by atoms with E-state index in [1.165, 1.54) is 11.1 Å². The number of para-hydroxylation sites is 1. The Morgan fingerprint density at radius 3 is 2.72 bits per heavy atom. The fourth-order valence-corrected chi connectivity index (χ4v) is 4.10. The van der Waals surface area contributed by atoms with Gasteiger partial charge in [-0.25, -0.2) is 0 Å². The number of aliphatic imine (C=N–C) groups is 1. The van der Waals surface area contributed by atoms with Gasteiger partial charge in [-0.3, -0.25) is 9.79 Å². The van der Waals surface area contributed by atoms with Gasteiger partial charge in [-0.1, -0.05) is 41.9 Å². The fraction of sp³-hybridized carbons (Fsp3) is 0.364. The second-order valence-corrected chi connectivity index (χ2v) is 8.07. The molecule has 1 aliphatic carbocycles. The standard InChI is InChI=1S/C22H25ClN4O.HI/c1-24-21(26-14-22(9-10-22)16-5-4-6-17(23)12-16)25-13-15-11-20(28)27-19-8-3-2-7-18(15)19;/h2-8,12,15H,9-11,13-14H2,1H3,(H,27,28)(H2,24,25,26);1H. The van der Waals surface area contributed by atoms with Crippen LogP contribution in [0, 0.1) is 0 Å². The second kappa shape index (κ2) is 9.34. The highest BCUT2D eigenvalue weighted by molar-refractivity contribution is 14.0. The minimum absolute atomic E-state index is 0. The first-order valence-electron chi connectivity index (χ1n) is 9.69. The van der Waals surface area contributed by atoms with Crippen LogP contribution in [-0.4, -0.2) is 32.0 Å². The SMILES string of the molecule is CN=C(NCC1CC(=O)Nc2ccccc21)NCC1(c2cccc(Cl)c2)CC1.I. The van der Waals surface area contributed by atoms with E-state index < -0.39 is 0 Å². The van der Waals surface area contributed by atoms with Crippen LogP contribution in [0.25, 0.3) is 0 Å². The number of amides is 1. The number of anilines is 1. The van der Waals surface area contributed by atoms with E-state index in [2.05, 4.69) is 39.1 Å². The number of hydrogen-bond donors (Lipinski definition) is 3. The van der Waals surface area contributed by atoms with Crippen molar-refractivity contribution in [3.63, 3.8) is 0 Å². The topological polar surface area (TPSA) is 65.5 Å². The highest BCUT2D eigenvalue weighted by atomic mass is 127. The molecule has 7 heteroatoms. The molecule has 1 aliphatic heterocycles. The first-order valence-corrected chi connectivity index (χ1v) is 10.1. The maximum absolute atomic E-state index is 12.0. The summed E-state index contributed by atoms with van der Waals surface area (Å²) in [5.41, 5.74) is 3.50. The lowest BCUT2D eigenvalue weighted by atomic mass is 9.90. The van der Waals surface area contributed by atoms with Crippen molar-refractivity contribution < 1.29 is 4.79 Å². The zero-order valence-electron chi connectivity index (χ0n) is 16.4. The maximum atomic E-state index is 12.0. The molecule has 0 bridgehead atoms. The van der Waals surface area contributed by atoms with Crippen molar-refractivity contribution in [1.82, 2.24) is 10.6 Å². The Balaban J connectivity index is 0.00000240. The van der Waals surface area contributed by atoms with Crippen LogP contribution in [0.4, 0.5) is 5.69 Å². The molecule has 0 spiro atoms. The van der Waals surface area contributed by atoms with Gasteiger partial charge in [-0.05, 0) is 42.2 Å². The van der Waals surface area contributed by atoms with Gasteiger partial charge >= 0.3 is 0 Å². The monoisotopic (exact) mass is 524 g/mol. The van der Waals surface area contributed by atoms with E-state index in [4.69, 9.17) is 11.6 Å². The summed E-state index contributed by atoms with van der Waals surface area (Å²) < 4.78 is 0. The number of guanidine groups is 1. The number of carbonyl (C=O) groups excluding carboxylic acids is 1. The van der Waals surface area contributed by atoms with Crippen molar-refractivity contribution in [2.75, 3.05) is 25.5 Å². The lowest BCUT2D eigenvalue weighted by molar-refractivity contribution is -0.116. The van der Waals surface area contributed by atoms with Gasteiger partial charge in [-0.2, -0.15) is 0 Å². The summed E-state index contributed by atoms with van der Waals surface area (Å²) in [4.78, 5) is 16.4. The quantitative estimate of drug-likeness (QED) is 0.311. The highest BCUT2D eigenvalue weighted by Crippen LogP contribution is 2.48. The summed E-state index contributed by atoms with van der Waals surface area (Å²) in [5.74, 6) is 0.953. The van der Waals surface area contributed by atoms with Crippen LogP contribution in [0.5, 0.6) is 0 Å². The molecule has 1 fully saturated rings. The molecule has 2 aliphatic rings. The molecule has 1 unspecified atom stereocenters. The predicted octanol–water partition coefficient (Wildman–Crippen LogP) is 4.28. The smallest absolute Gasteiger partial charge is 0.225 e. The Labute approximate surface area is 193 Å². The normalized spacial score (nSPS) is 19.4. The molecule has 5 nitrogen and oxygen atoms in total. The fourth-order valence-electron chi connectivity index (χ4n) is 3.91. The number of benzene rings is 2. The van der Waals surface area contributed by atoms with Crippen LogP contribution in [0.15, 0.2) is 53.5 Å². The summed E-state index contributed by atoms with van der Waals surface area (Å²) >= 11 is 6.17. The zero-order chi connectivity index (χ0) is 19.6. The number of fused-ring (bicyclic) bond motifs is 1. The van der Waals surface area contributed by atoms with E-state index in [-0.39, 0.29) is 41.2 Å². The summed E-state index contributed by atoms with van der Waals surface area (Å²) in [7, 11) is 1.77. The number of nitrogens with one attached hydrogen (secondary N) is 3. The van der Waals surface area contributed by atoms with Crippen molar-refractivity contribution in [3.8, 4) is 0 Å². The van der Waals surface area contributed by atoms with Gasteiger partial charge in [0.2, 0.25) is 5.91 Å². The van der Waals surface area contributed by atoms with E-state index >= 15 is 0 Å². The lowest BCUT2D eigenvalue weighted by Gasteiger charge is -2.26. The Hall–Kier alpha value is -1.80. The van der Waals surface area contributed by atoms with E-state index in [1.807, 2.05) is 30.3 Å². The molecule has 0 saturated heterocycles. The minimum Gasteiger partial charge on any atom is -0.356 e. The van der Waals surface area contributed by atoms with E-state index in [0.29, 0.717) is 13.0 Å². The molecule has 154 valence electrons. The van der Waals surface area contributed by atoms with Crippen LogP contribution < -0.4 is 16.0 Å². The molecule has 2 aromatic rings. The Bertz CT molecular complexity index is 913. The molecule has 1 atom stereocenters. The average Bonchev–Trinajstić information content (AvgIpc) is 3.49. The number of hydrogen-bond acceptors (Lipinski definition) is 2. The third-order valence-electron chi connectivity index (χ3n) is 5.73. The van der Waals surface area contributed by atoms with Gasteiger partial charge in [0, 0.05) is 48.6 Å². The molecular weight excluding hydrogens is 499 g/mol. The molecule has 1 saturated carbocycles. The second-order valence-electron chi connectivity index (χ2n) is 7.63. The predicted molar refractivity (Wildman–Crippen MR) is 130 cm³/mol. The van der Waals surface area contributed by atoms with Gasteiger partial charge in [0.1, 0.15) is 0 Å². The van der Waals surface area contributed by atoms with Gasteiger partial charge in [0.15, 0.2) is 5.96 Å². The maximum Gasteiger partial charge on any atom is 0.225 e. The van der Waals surface area contributed by atoms with Crippen molar-refractivity contribution in [3.05, 3.63) is 64.7 Å². The first kappa shape index (κ1) is 21.9. The molecule has 0 radical (unpaired) electrons. The van der Waals surface area contributed by atoms with Crippen LogP contribution in [0.1, 0.15) is 36.3 Å². The molecule has 0 aromatic heterocycles.